The first kappa shape index (κ1) is 17.0. The maximum absolute atomic E-state index is 12.4. The molecule has 0 aromatic heterocycles. The summed E-state index contributed by atoms with van der Waals surface area (Å²) in [5.41, 5.74) is 1.03. The molecule has 0 bridgehead atoms. The number of likely N-dealkylation sites (N-methyl/N-ethyl adjacent to an activating group) is 1. The molecule has 2 heterocycles. The molecule has 2 aliphatic rings. The van der Waals surface area contributed by atoms with Crippen LogP contribution < -0.4 is 14.8 Å². The Labute approximate surface area is 143 Å². The molecule has 6 heteroatoms. The highest BCUT2D eigenvalue weighted by atomic mass is 16.6. The van der Waals surface area contributed by atoms with E-state index in [2.05, 4.69) is 29.1 Å². The Balaban J connectivity index is 1.56. The third kappa shape index (κ3) is 3.99. The molecule has 3 rings (SSSR count). The molecule has 0 radical (unpaired) electrons. The predicted molar refractivity (Wildman–Crippen MR) is 92.5 cm³/mol. The Hall–Kier alpha value is -1.79. The molecule has 2 aliphatic heterocycles. The molecule has 1 aromatic carbocycles. The summed E-state index contributed by atoms with van der Waals surface area (Å²) in [5, 5.41) is 3.09. The zero-order chi connectivity index (χ0) is 17.1. The van der Waals surface area contributed by atoms with E-state index in [-0.39, 0.29) is 11.9 Å². The number of nitrogens with zero attached hydrogens (tertiary/aromatic N) is 2. The fourth-order valence-electron chi connectivity index (χ4n) is 3.30. The lowest BCUT2D eigenvalue weighted by atomic mass is 10.1. The van der Waals surface area contributed by atoms with Crippen molar-refractivity contribution in [1.29, 1.82) is 0 Å². The van der Waals surface area contributed by atoms with E-state index in [1.54, 1.807) is 0 Å². The van der Waals surface area contributed by atoms with E-state index >= 15 is 0 Å². The molecule has 2 unspecified atom stereocenters. The lowest BCUT2D eigenvalue weighted by molar-refractivity contribution is -0.124. The number of carbonyl (C=O) groups is 1. The molecule has 2 atom stereocenters. The number of fused-ring (bicyclic) bond motifs is 1. The second-order valence-electron chi connectivity index (χ2n) is 6.77. The molecule has 1 fully saturated rings. The highest BCUT2D eigenvalue weighted by Crippen LogP contribution is 2.32. The number of piperazine rings is 1. The summed E-state index contributed by atoms with van der Waals surface area (Å²) in [4.78, 5) is 16.9. The largest absolute Gasteiger partial charge is 0.486 e. The minimum atomic E-state index is -0.0592. The van der Waals surface area contributed by atoms with Gasteiger partial charge in [0.05, 0.1) is 12.6 Å². The molecule has 24 heavy (non-hydrogen) atoms. The average molecular weight is 333 g/mol. The molecule has 0 aliphatic carbocycles. The van der Waals surface area contributed by atoms with Crippen LogP contribution in [0.5, 0.6) is 11.5 Å². The van der Waals surface area contributed by atoms with Crippen molar-refractivity contribution in [3.63, 3.8) is 0 Å². The lowest BCUT2D eigenvalue weighted by Crippen LogP contribution is -2.53. The third-order valence-corrected chi connectivity index (χ3v) is 4.76. The number of nitrogens with one attached hydrogen (secondary N) is 1. The number of hydrogen-bond acceptors (Lipinski definition) is 5. The zero-order valence-corrected chi connectivity index (χ0v) is 14.7. The second-order valence-corrected chi connectivity index (χ2v) is 6.77. The lowest BCUT2D eigenvalue weighted by Gasteiger charge is -2.37. The van der Waals surface area contributed by atoms with Crippen LogP contribution in [0.1, 0.15) is 25.5 Å². The van der Waals surface area contributed by atoms with Gasteiger partial charge in [-0.2, -0.15) is 0 Å². The van der Waals surface area contributed by atoms with Gasteiger partial charge in [-0.3, -0.25) is 9.69 Å². The Bertz CT molecular complexity index is 593. The van der Waals surface area contributed by atoms with Crippen molar-refractivity contribution in [3.05, 3.63) is 23.8 Å². The van der Waals surface area contributed by atoms with E-state index in [1.807, 2.05) is 25.1 Å². The van der Waals surface area contributed by atoms with Crippen LogP contribution >= 0.6 is 0 Å². The van der Waals surface area contributed by atoms with Gasteiger partial charge < -0.3 is 19.7 Å². The van der Waals surface area contributed by atoms with Crippen molar-refractivity contribution < 1.29 is 14.3 Å². The standard InChI is InChI=1S/C18H27N3O3/c1-13-11-20(3)6-7-21(13)12-18(22)19-14(2)15-4-5-16-17(10-15)24-9-8-23-16/h4-5,10,13-14H,6-9,11-12H2,1-3H3,(H,19,22). The number of benzene rings is 1. The fraction of sp³-hybridized carbons (Fsp3) is 0.611. The van der Waals surface area contributed by atoms with Crippen LogP contribution in [0.4, 0.5) is 0 Å². The summed E-state index contributed by atoms with van der Waals surface area (Å²) in [7, 11) is 2.12. The molecular weight excluding hydrogens is 306 g/mol. The second kappa shape index (κ2) is 7.40. The van der Waals surface area contributed by atoms with Gasteiger partial charge >= 0.3 is 0 Å². The quantitative estimate of drug-likeness (QED) is 0.899. The molecule has 132 valence electrons. The Morgan fingerprint density at radius 3 is 2.79 bits per heavy atom. The van der Waals surface area contributed by atoms with Crippen LogP contribution in [0.2, 0.25) is 0 Å². The minimum absolute atomic E-state index is 0.0592. The number of rotatable bonds is 4. The first-order chi connectivity index (χ1) is 11.5. The van der Waals surface area contributed by atoms with Gasteiger partial charge in [0.25, 0.3) is 0 Å². The number of carbonyl (C=O) groups excluding carboxylic acids is 1. The van der Waals surface area contributed by atoms with Crippen molar-refractivity contribution in [2.75, 3.05) is 46.4 Å². The Morgan fingerprint density at radius 2 is 2.04 bits per heavy atom. The van der Waals surface area contributed by atoms with Crippen LogP contribution in [0.3, 0.4) is 0 Å². The first-order valence-corrected chi connectivity index (χ1v) is 8.64. The molecule has 1 saturated heterocycles. The van der Waals surface area contributed by atoms with E-state index in [0.717, 1.165) is 36.7 Å². The topological polar surface area (TPSA) is 54.0 Å². The summed E-state index contributed by atoms with van der Waals surface area (Å²) in [5.74, 6) is 1.59. The van der Waals surface area contributed by atoms with Crippen molar-refractivity contribution in [2.45, 2.75) is 25.9 Å². The fourth-order valence-corrected chi connectivity index (χ4v) is 3.30. The smallest absolute Gasteiger partial charge is 0.234 e. The van der Waals surface area contributed by atoms with Crippen molar-refractivity contribution in [3.8, 4) is 11.5 Å². The van der Waals surface area contributed by atoms with Gasteiger partial charge in [0.1, 0.15) is 13.2 Å². The van der Waals surface area contributed by atoms with Gasteiger partial charge in [0, 0.05) is 25.7 Å². The van der Waals surface area contributed by atoms with Crippen LogP contribution in [-0.2, 0) is 4.79 Å². The number of hydrogen-bond donors (Lipinski definition) is 1. The summed E-state index contributed by atoms with van der Waals surface area (Å²) in [6, 6.07) is 6.19. The Morgan fingerprint density at radius 1 is 1.29 bits per heavy atom. The van der Waals surface area contributed by atoms with Crippen LogP contribution in [-0.4, -0.2) is 68.2 Å². The van der Waals surface area contributed by atoms with Crippen molar-refractivity contribution in [2.24, 2.45) is 0 Å². The maximum atomic E-state index is 12.4. The van der Waals surface area contributed by atoms with E-state index in [9.17, 15) is 4.79 Å². The maximum Gasteiger partial charge on any atom is 0.234 e. The summed E-state index contributed by atoms with van der Waals surface area (Å²) in [6.45, 7) is 8.72. The predicted octanol–water partition coefficient (Wildman–Crippen LogP) is 1.27. The number of ether oxygens (including phenoxy) is 2. The van der Waals surface area contributed by atoms with Crippen LogP contribution in [0.15, 0.2) is 18.2 Å². The SMILES string of the molecule is CC(NC(=O)CN1CCN(C)CC1C)c1ccc2c(c1)OCCO2. The van der Waals surface area contributed by atoms with E-state index in [4.69, 9.17) is 9.47 Å². The molecular formula is C18H27N3O3. The molecule has 1 N–H and O–H groups in total. The monoisotopic (exact) mass is 333 g/mol. The first-order valence-electron chi connectivity index (χ1n) is 8.64. The molecule has 0 saturated carbocycles. The highest BCUT2D eigenvalue weighted by molar-refractivity contribution is 5.78. The summed E-state index contributed by atoms with van der Waals surface area (Å²) < 4.78 is 11.2. The molecule has 0 spiro atoms. The number of amides is 1. The summed E-state index contributed by atoms with van der Waals surface area (Å²) >= 11 is 0. The van der Waals surface area contributed by atoms with Crippen molar-refractivity contribution in [1.82, 2.24) is 15.1 Å². The van der Waals surface area contributed by atoms with E-state index in [1.165, 1.54) is 0 Å². The Kier molecular flexibility index (Phi) is 5.26. The van der Waals surface area contributed by atoms with Gasteiger partial charge in [0.2, 0.25) is 5.91 Å². The van der Waals surface area contributed by atoms with Gasteiger partial charge in [-0.15, -0.1) is 0 Å². The van der Waals surface area contributed by atoms with E-state index in [0.29, 0.717) is 25.8 Å². The summed E-state index contributed by atoms with van der Waals surface area (Å²) in [6.07, 6.45) is 0. The normalized spacial score (nSPS) is 22.9. The van der Waals surface area contributed by atoms with Gasteiger partial charge in [-0.05, 0) is 38.6 Å². The van der Waals surface area contributed by atoms with Crippen molar-refractivity contribution >= 4 is 5.91 Å². The van der Waals surface area contributed by atoms with Gasteiger partial charge in [-0.25, -0.2) is 0 Å². The molecule has 6 nitrogen and oxygen atoms in total. The van der Waals surface area contributed by atoms with Gasteiger partial charge in [0.15, 0.2) is 11.5 Å². The van der Waals surface area contributed by atoms with Gasteiger partial charge in [-0.1, -0.05) is 6.07 Å². The van der Waals surface area contributed by atoms with Crippen LogP contribution in [0.25, 0.3) is 0 Å². The van der Waals surface area contributed by atoms with E-state index < -0.39 is 0 Å². The average Bonchev–Trinajstić information content (AvgIpc) is 2.57. The molecule has 1 aromatic rings. The van der Waals surface area contributed by atoms with Crippen LogP contribution in [0, 0.1) is 0 Å². The minimum Gasteiger partial charge on any atom is -0.486 e. The zero-order valence-electron chi connectivity index (χ0n) is 14.7. The molecule has 1 amide bonds. The highest BCUT2D eigenvalue weighted by Gasteiger charge is 2.24. The third-order valence-electron chi connectivity index (χ3n) is 4.76.